The standard InChI is InChI=1S/C10H11BrClNO4S/c1-6(10(14)17-2)18(15,16)13-7-3-4-8(11)9(12)5-7/h3-6,13H,1-2H3. The number of nitrogens with one attached hydrogen (secondary N) is 1. The zero-order chi connectivity index (χ0) is 13.9. The largest absolute Gasteiger partial charge is 0.468 e. The third-order valence-corrected chi connectivity index (χ3v) is 5.05. The molecule has 0 fully saturated rings. The van der Waals surface area contributed by atoms with Gasteiger partial charge < -0.3 is 4.74 Å². The first kappa shape index (κ1) is 15.3. The van der Waals surface area contributed by atoms with Crippen LogP contribution in [-0.4, -0.2) is 26.7 Å². The average molecular weight is 357 g/mol. The maximum absolute atomic E-state index is 11.8. The Morgan fingerprint density at radius 1 is 1.50 bits per heavy atom. The molecule has 1 N–H and O–H groups in total. The van der Waals surface area contributed by atoms with Gasteiger partial charge in [-0.05, 0) is 41.1 Å². The van der Waals surface area contributed by atoms with Crippen LogP contribution in [0, 0.1) is 0 Å². The predicted octanol–water partition coefficient (Wildman–Crippen LogP) is 2.41. The topological polar surface area (TPSA) is 72.5 Å². The van der Waals surface area contributed by atoms with E-state index in [2.05, 4.69) is 25.4 Å². The molecule has 0 aliphatic rings. The van der Waals surface area contributed by atoms with Gasteiger partial charge in [-0.25, -0.2) is 8.42 Å². The van der Waals surface area contributed by atoms with Crippen LogP contribution in [0.4, 0.5) is 5.69 Å². The first-order chi connectivity index (χ1) is 8.27. The Bertz CT molecular complexity index is 561. The molecule has 0 bridgehead atoms. The van der Waals surface area contributed by atoms with Gasteiger partial charge in [-0.2, -0.15) is 0 Å². The third-order valence-electron chi connectivity index (χ3n) is 2.18. The minimum atomic E-state index is -3.85. The van der Waals surface area contributed by atoms with Gasteiger partial charge in [0.1, 0.15) is 0 Å². The van der Waals surface area contributed by atoms with Crippen molar-refractivity contribution in [1.29, 1.82) is 0 Å². The number of benzene rings is 1. The van der Waals surface area contributed by atoms with Crippen LogP contribution in [0.1, 0.15) is 6.92 Å². The summed E-state index contributed by atoms with van der Waals surface area (Å²) < 4.78 is 31.0. The lowest BCUT2D eigenvalue weighted by molar-refractivity contribution is -0.139. The van der Waals surface area contributed by atoms with Gasteiger partial charge in [-0.15, -0.1) is 0 Å². The minimum Gasteiger partial charge on any atom is -0.468 e. The van der Waals surface area contributed by atoms with Gasteiger partial charge in [0.15, 0.2) is 5.25 Å². The van der Waals surface area contributed by atoms with Crippen molar-refractivity contribution in [3.63, 3.8) is 0 Å². The second-order valence-corrected chi connectivity index (χ2v) is 6.70. The van der Waals surface area contributed by atoms with Gasteiger partial charge in [-0.3, -0.25) is 9.52 Å². The molecule has 0 aliphatic heterocycles. The number of methoxy groups -OCH3 is 1. The molecule has 1 atom stereocenters. The van der Waals surface area contributed by atoms with Crippen LogP contribution in [0.15, 0.2) is 22.7 Å². The van der Waals surface area contributed by atoms with Crippen LogP contribution >= 0.6 is 27.5 Å². The number of halogens is 2. The number of sulfonamides is 1. The Balaban J connectivity index is 2.95. The van der Waals surface area contributed by atoms with Crippen molar-refractivity contribution >= 4 is 49.2 Å². The Labute approximate surface area is 119 Å². The van der Waals surface area contributed by atoms with Crippen LogP contribution in [0.3, 0.4) is 0 Å². The van der Waals surface area contributed by atoms with Crippen molar-refractivity contribution in [3.05, 3.63) is 27.7 Å². The summed E-state index contributed by atoms with van der Waals surface area (Å²) in [6.45, 7) is 1.24. The zero-order valence-corrected chi connectivity index (χ0v) is 12.8. The molecule has 0 amide bonds. The van der Waals surface area contributed by atoms with E-state index in [1.165, 1.54) is 19.1 Å². The highest BCUT2D eigenvalue weighted by Crippen LogP contribution is 2.26. The smallest absolute Gasteiger partial charge is 0.325 e. The normalized spacial score (nSPS) is 12.9. The average Bonchev–Trinajstić information content (AvgIpc) is 2.31. The van der Waals surface area contributed by atoms with Gasteiger partial charge in [0.25, 0.3) is 0 Å². The number of esters is 1. The second kappa shape index (κ2) is 5.90. The van der Waals surface area contributed by atoms with E-state index in [1.54, 1.807) is 6.07 Å². The van der Waals surface area contributed by atoms with Gasteiger partial charge in [0.05, 0.1) is 17.8 Å². The van der Waals surface area contributed by atoms with E-state index < -0.39 is 21.2 Å². The second-order valence-electron chi connectivity index (χ2n) is 3.44. The van der Waals surface area contributed by atoms with E-state index >= 15 is 0 Å². The van der Waals surface area contributed by atoms with Crippen LogP contribution in [0.5, 0.6) is 0 Å². The molecule has 5 nitrogen and oxygen atoms in total. The summed E-state index contributed by atoms with van der Waals surface area (Å²) in [4.78, 5) is 11.2. The number of anilines is 1. The molecule has 0 heterocycles. The van der Waals surface area contributed by atoms with Crippen molar-refractivity contribution in [1.82, 2.24) is 0 Å². The van der Waals surface area contributed by atoms with Crippen molar-refractivity contribution < 1.29 is 17.9 Å². The predicted molar refractivity (Wildman–Crippen MR) is 73.2 cm³/mol. The van der Waals surface area contributed by atoms with E-state index in [1.807, 2.05) is 0 Å². The summed E-state index contributed by atoms with van der Waals surface area (Å²) in [6.07, 6.45) is 0. The summed E-state index contributed by atoms with van der Waals surface area (Å²) >= 11 is 9.03. The lowest BCUT2D eigenvalue weighted by Crippen LogP contribution is -2.33. The Kier molecular flexibility index (Phi) is 5.01. The van der Waals surface area contributed by atoms with Crippen LogP contribution in [0.25, 0.3) is 0 Å². The van der Waals surface area contributed by atoms with Gasteiger partial charge in [-0.1, -0.05) is 11.6 Å². The molecule has 0 aliphatic carbocycles. The summed E-state index contributed by atoms with van der Waals surface area (Å²) in [5.74, 6) is -0.828. The number of ether oxygens (including phenoxy) is 1. The van der Waals surface area contributed by atoms with Crippen molar-refractivity contribution in [2.45, 2.75) is 12.2 Å². The van der Waals surface area contributed by atoms with E-state index in [0.717, 1.165) is 7.11 Å². The van der Waals surface area contributed by atoms with Gasteiger partial charge in [0.2, 0.25) is 10.0 Å². The number of hydrogen-bond acceptors (Lipinski definition) is 4. The SMILES string of the molecule is COC(=O)C(C)S(=O)(=O)Nc1ccc(Br)c(Cl)c1. The molecule has 18 heavy (non-hydrogen) atoms. The number of carbonyl (C=O) groups is 1. The molecule has 8 heteroatoms. The first-order valence-corrected chi connectivity index (χ1v) is 7.54. The monoisotopic (exact) mass is 355 g/mol. The lowest BCUT2D eigenvalue weighted by atomic mass is 10.3. The number of hydrogen-bond donors (Lipinski definition) is 1. The van der Waals surface area contributed by atoms with E-state index in [9.17, 15) is 13.2 Å². The van der Waals surface area contributed by atoms with Gasteiger partial charge >= 0.3 is 5.97 Å². The van der Waals surface area contributed by atoms with Crippen molar-refractivity contribution in [3.8, 4) is 0 Å². The highest BCUT2D eigenvalue weighted by atomic mass is 79.9. The Hall–Kier alpha value is -0.790. The molecule has 0 aromatic heterocycles. The molecule has 1 unspecified atom stereocenters. The molecular formula is C10H11BrClNO4S. The Morgan fingerprint density at radius 3 is 2.61 bits per heavy atom. The minimum absolute atomic E-state index is 0.277. The van der Waals surface area contributed by atoms with Crippen LogP contribution < -0.4 is 4.72 Å². The molecule has 1 aromatic rings. The summed E-state index contributed by atoms with van der Waals surface area (Å²) in [7, 11) is -2.72. The maximum Gasteiger partial charge on any atom is 0.325 e. The Morgan fingerprint density at radius 2 is 2.11 bits per heavy atom. The molecule has 1 aromatic carbocycles. The molecule has 0 spiro atoms. The molecule has 1 rings (SSSR count). The fourth-order valence-corrected chi connectivity index (χ4v) is 2.51. The van der Waals surface area contributed by atoms with E-state index in [-0.39, 0.29) is 5.69 Å². The van der Waals surface area contributed by atoms with Crippen LogP contribution in [0.2, 0.25) is 5.02 Å². The molecular weight excluding hydrogens is 346 g/mol. The highest BCUT2D eigenvalue weighted by molar-refractivity contribution is 9.10. The van der Waals surface area contributed by atoms with Crippen molar-refractivity contribution in [2.24, 2.45) is 0 Å². The number of carbonyl (C=O) groups excluding carboxylic acids is 1. The first-order valence-electron chi connectivity index (χ1n) is 4.82. The highest BCUT2D eigenvalue weighted by Gasteiger charge is 2.28. The van der Waals surface area contributed by atoms with E-state index in [4.69, 9.17) is 11.6 Å². The summed E-state index contributed by atoms with van der Waals surface area (Å²) in [5.41, 5.74) is 0.277. The summed E-state index contributed by atoms with van der Waals surface area (Å²) in [5, 5.41) is -0.939. The van der Waals surface area contributed by atoms with Crippen molar-refractivity contribution in [2.75, 3.05) is 11.8 Å². The third kappa shape index (κ3) is 3.60. The molecule has 0 saturated heterocycles. The summed E-state index contributed by atoms with van der Waals surface area (Å²) in [6, 6.07) is 4.56. The number of rotatable bonds is 4. The van der Waals surface area contributed by atoms with Gasteiger partial charge in [0, 0.05) is 4.47 Å². The maximum atomic E-state index is 11.8. The molecule has 0 saturated carbocycles. The quantitative estimate of drug-likeness (QED) is 0.841. The zero-order valence-electron chi connectivity index (χ0n) is 9.61. The molecule has 100 valence electrons. The van der Waals surface area contributed by atoms with E-state index in [0.29, 0.717) is 9.50 Å². The lowest BCUT2D eigenvalue weighted by Gasteiger charge is -2.13. The molecule has 0 radical (unpaired) electrons. The fourth-order valence-electron chi connectivity index (χ4n) is 1.10. The van der Waals surface area contributed by atoms with Crippen LogP contribution in [-0.2, 0) is 19.6 Å². The fraction of sp³-hybridized carbons (Fsp3) is 0.300.